The Labute approximate surface area is 177 Å². The number of hydrogen-bond donors (Lipinski definition) is 2. The van der Waals surface area contributed by atoms with Crippen LogP contribution in [0.3, 0.4) is 0 Å². The van der Waals surface area contributed by atoms with Gasteiger partial charge in [0, 0.05) is 26.2 Å². The van der Waals surface area contributed by atoms with Gasteiger partial charge in [-0.2, -0.15) is 0 Å². The number of thiazole rings is 1. The molecule has 2 aromatic heterocycles. The predicted molar refractivity (Wildman–Crippen MR) is 117 cm³/mol. The van der Waals surface area contributed by atoms with Gasteiger partial charge in [-0.25, -0.2) is 4.98 Å². The van der Waals surface area contributed by atoms with E-state index < -0.39 is 5.91 Å². The topological polar surface area (TPSA) is 91.6 Å². The highest BCUT2D eigenvalue weighted by Crippen LogP contribution is 2.24. The van der Waals surface area contributed by atoms with E-state index in [-0.39, 0.29) is 11.9 Å². The first-order chi connectivity index (χ1) is 14.0. The SMILES string of the molecule is C[C@H](C(=O)Nc1sccc1C(N)=O)N1CCN(Cc2nc3ccccc3s2)CC1. The Morgan fingerprint density at radius 1 is 1.21 bits per heavy atom. The van der Waals surface area contributed by atoms with Gasteiger partial charge in [-0.3, -0.25) is 19.4 Å². The maximum Gasteiger partial charge on any atom is 0.251 e. The van der Waals surface area contributed by atoms with Gasteiger partial charge in [0.15, 0.2) is 0 Å². The van der Waals surface area contributed by atoms with Gasteiger partial charge in [-0.1, -0.05) is 12.1 Å². The molecule has 29 heavy (non-hydrogen) atoms. The number of hydrogen-bond acceptors (Lipinski definition) is 7. The Kier molecular flexibility index (Phi) is 5.91. The van der Waals surface area contributed by atoms with Gasteiger partial charge in [-0.15, -0.1) is 22.7 Å². The van der Waals surface area contributed by atoms with Crippen molar-refractivity contribution in [1.82, 2.24) is 14.8 Å². The standard InChI is InChI=1S/C20H23N5O2S2/c1-13(19(27)23-20-14(18(21)26)6-11-28-20)25-9-7-24(8-10-25)12-17-22-15-4-2-3-5-16(15)29-17/h2-6,11,13H,7-10,12H2,1H3,(H2,21,26)(H,23,27)/t13-/m1/s1. The third-order valence-corrected chi connectivity index (χ3v) is 7.05. The fourth-order valence-corrected chi connectivity index (χ4v) is 5.28. The van der Waals surface area contributed by atoms with Crippen LogP contribution in [0, 0.1) is 0 Å². The molecule has 152 valence electrons. The number of piperazine rings is 1. The first-order valence-corrected chi connectivity index (χ1v) is 11.2. The van der Waals surface area contributed by atoms with Gasteiger partial charge in [0.25, 0.3) is 5.91 Å². The molecule has 0 unspecified atom stereocenters. The minimum atomic E-state index is -0.530. The number of benzene rings is 1. The normalized spacial score (nSPS) is 16.7. The molecule has 1 aromatic carbocycles. The Hall–Kier alpha value is -2.33. The summed E-state index contributed by atoms with van der Waals surface area (Å²) in [5.41, 5.74) is 6.77. The number of carbonyl (C=O) groups is 2. The number of anilines is 1. The van der Waals surface area contributed by atoms with Crippen molar-refractivity contribution in [3.05, 3.63) is 46.3 Å². The molecule has 0 bridgehead atoms. The highest BCUT2D eigenvalue weighted by molar-refractivity contribution is 7.18. The van der Waals surface area contributed by atoms with E-state index in [9.17, 15) is 9.59 Å². The van der Waals surface area contributed by atoms with Crippen molar-refractivity contribution in [2.45, 2.75) is 19.5 Å². The summed E-state index contributed by atoms with van der Waals surface area (Å²) in [6, 6.07) is 9.56. The number of primary amides is 1. The number of rotatable bonds is 6. The van der Waals surface area contributed by atoms with Crippen molar-refractivity contribution in [3.63, 3.8) is 0 Å². The molecule has 1 aliphatic heterocycles. The molecular formula is C20H23N5O2S2. The smallest absolute Gasteiger partial charge is 0.251 e. The van der Waals surface area contributed by atoms with E-state index in [0.717, 1.165) is 43.2 Å². The predicted octanol–water partition coefficient (Wildman–Crippen LogP) is 2.60. The van der Waals surface area contributed by atoms with Crippen molar-refractivity contribution >= 4 is 49.7 Å². The minimum absolute atomic E-state index is 0.116. The number of nitrogens with one attached hydrogen (secondary N) is 1. The van der Waals surface area contributed by atoms with Crippen molar-refractivity contribution in [3.8, 4) is 0 Å². The highest BCUT2D eigenvalue weighted by atomic mass is 32.1. The van der Waals surface area contributed by atoms with Crippen molar-refractivity contribution in [1.29, 1.82) is 0 Å². The second-order valence-corrected chi connectivity index (χ2v) is 9.11. The lowest BCUT2D eigenvalue weighted by Crippen LogP contribution is -2.52. The Balaban J connectivity index is 1.30. The summed E-state index contributed by atoms with van der Waals surface area (Å²) in [5.74, 6) is -0.646. The van der Waals surface area contributed by atoms with Crippen LogP contribution in [-0.2, 0) is 11.3 Å². The van der Waals surface area contributed by atoms with Crippen LogP contribution in [0.15, 0.2) is 35.7 Å². The average molecular weight is 430 g/mol. The zero-order valence-electron chi connectivity index (χ0n) is 16.1. The molecule has 1 saturated heterocycles. The average Bonchev–Trinajstić information content (AvgIpc) is 3.34. The van der Waals surface area contributed by atoms with Crippen molar-refractivity contribution < 1.29 is 9.59 Å². The van der Waals surface area contributed by atoms with Gasteiger partial charge in [0.2, 0.25) is 5.91 Å². The summed E-state index contributed by atoms with van der Waals surface area (Å²) < 4.78 is 1.22. The van der Waals surface area contributed by atoms with Gasteiger partial charge in [0.05, 0.1) is 28.4 Å². The monoisotopic (exact) mass is 429 g/mol. The quantitative estimate of drug-likeness (QED) is 0.628. The molecule has 2 amide bonds. The highest BCUT2D eigenvalue weighted by Gasteiger charge is 2.27. The fraction of sp³-hybridized carbons (Fsp3) is 0.350. The molecule has 1 fully saturated rings. The summed E-state index contributed by atoms with van der Waals surface area (Å²) in [7, 11) is 0. The number of para-hydroxylation sites is 1. The number of amides is 2. The second-order valence-electron chi connectivity index (χ2n) is 7.08. The zero-order chi connectivity index (χ0) is 20.4. The van der Waals surface area contributed by atoms with Crippen LogP contribution in [0.25, 0.3) is 10.2 Å². The number of aromatic nitrogens is 1. The summed E-state index contributed by atoms with van der Waals surface area (Å²) in [4.78, 5) is 33.3. The van der Waals surface area contributed by atoms with E-state index in [1.807, 2.05) is 25.1 Å². The Morgan fingerprint density at radius 2 is 1.97 bits per heavy atom. The van der Waals surface area contributed by atoms with E-state index in [1.54, 1.807) is 22.8 Å². The Bertz CT molecular complexity index is 990. The van der Waals surface area contributed by atoms with Gasteiger partial charge >= 0.3 is 0 Å². The van der Waals surface area contributed by atoms with Crippen LogP contribution in [0.4, 0.5) is 5.00 Å². The van der Waals surface area contributed by atoms with Crippen molar-refractivity contribution in [2.24, 2.45) is 5.73 Å². The van der Waals surface area contributed by atoms with Crippen LogP contribution in [0.1, 0.15) is 22.3 Å². The first kappa shape index (κ1) is 20.0. The molecular weight excluding hydrogens is 406 g/mol. The number of thiophene rings is 1. The van der Waals surface area contributed by atoms with E-state index in [1.165, 1.54) is 16.0 Å². The molecule has 3 aromatic rings. The summed E-state index contributed by atoms with van der Waals surface area (Å²) in [5, 5.41) is 6.25. The van der Waals surface area contributed by atoms with Gasteiger partial charge in [0.1, 0.15) is 10.0 Å². The lowest BCUT2D eigenvalue weighted by molar-refractivity contribution is -0.121. The third kappa shape index (κ3) is 4.48. The molecule has 1 aliphatic rings. The summed E-state index contributed by atoms with van der Waals surface area (Å²) in [6.45, 7) is 6.14. The fourth-order valence-electron chi connectivity index (χ4n) is 3.47. The van der Waals surface area contributed by atoms with Crippen LogP contribution >= 0.6 is 22.7 Å². The molecule has 0 aliphatic carbocycles. The first-order valence-electron chi connectivity index (χ1n) is 9.50. The van der Waals surface area contributed by atoms with Crippen LogP contribution in [-0.4, -0.2) is 58.8 Å². The third-order valence-electron chi connectivity index (χ3n) is 5.20. The van der Waals surface area contributed by atoms with Crippen LogP contribution in [0.2, 0.25) is 0 Å². The number of nitrogens with zero attached hydrogens (tertiary/aromatic N) is 3. The summed E-state index contributed by atoms with van der Waals surface area (Å²) in [6.07, 6.45) is 0. The lowest BCUT2D eigenvalue weighted by atomic mass is 10.2. The molecule has 1 atom stereocenters. The molecule has 3 heterocycles. The van der Waals surface area contributed by atoms with Crippen LogP contribution < -0.4 is 11.1 Å². The van der Waals surface area contributed by atoms with Gasteiger partial charge in [-0.05, 0) is 30.5 Å². The molecule has 0 spiro atoms. The maximum atomic E-state index is 12.6. The summed E-state index contributed by atoms with van der Waals surface area (Å²) >= 11 is 3.05. The largest absolute Gasteiger partial charge is 0.366 e. The second kappa shape index (κ2) is 8.58. The minimum Gasteiger partial charge on any atom is -0.366 e. The molecule has 0 saturated carbocycles. The molecule has 3 N–H and O–H groups in total. The van der Waals surface area contributed by atoms with Gasteiger partial charge < -0.3 is 11.1 Å². The number of carbonyl (C=O) groups excluding carboxylic acids is 2. The Morgan fingerprint density at radius 3 is 2.69 bits per heavy atom. The van der Waals surface area contributed by atoms with Crippen molar-refractivity contribution in [2.75, 3.05) is 31.5 Å². The van der Waals surface area contributed by atoms with E-state index in [2.05, 4.69) is 21.2 Å². The van der Waals surface area contributed by atoms with E-state index in [0.29, 0.717) is 10.6 Å². The lowest BCUT2D eigenvalue weighted by Gasteiger charge is -2.37. The molecule has 0 radical (unpaired) electrons. The number of fused-ring (bicyclic) bond motifs is 1. The number of nitrogens with two attached hydrogens (primary N) is 1. The van der Waals surface area contributed by atoms with E-state index in [4.69, 9.17) is 10.7 Å². The van der Waals surface area contributed by atoms with Crippen LogP contribution in [0.5, 0.6) is 0 Å². The molecule has 7 nitrogen and oxygen atoms in total. The maximum absolute atomic E-state index is 12.6. The molecule has 4 rings (SSSR count). The zero-order valence-corrected chi connectivity index (χ0v) is 17.8. The molecule has 9 heteroatoms. The van der Waals surface area contributed by atoms with E-state index >= 15 is 0 Å².